The average Bonchev–Trinajstić information content (AvgIpc) is 2.59. The normalized spacial score (nSPS) is 38.0. The lowest BCUT2D eigenvalue weighted by Crippen LogP contribution is -2.48. The van der Waals surface area contributed by atoms with Crippen molar-refractivity contribution in [1.29, 1.82) is 0 Å². The molecule has 2 fully saturated rings. The highest BCUT2D eigenvalue weighted by Gasteiger charge is 2.52. The minimum absolute atomic E-state index is 0.0649. The topological polar surface area (TPSA) is 47.6 Å². The van der Waals surface area contributed by atoms with Gasteiger partial charge in [0.05, 0.1) is 6.61 Å². The Hall–Kier alpha value is -0.910. The lowest BCUT2D eigenvalue weighted by molar-refractivity contribution is -0.0632. The molecule has 2 rings (SSSR count). The first kappa shape index (κ1) is 15.5. The van der Waals surface area contributed by atoms with E-state index in [1.54, 1.807) is 20.8 Å². The van der Waals surface area contributed by atoms with E-state index >= 15 is 0 Å². The van der Waals surface area contributed by atoms with E-state index in [1.807, 2.05) is 0 Å². The summed E-state index contributed by atoms with van der Waals surface area (Å²) in [6.07, 6.45) is -1.54. The summed E-state index contributed by atoms with van der Waals surface area (Å²) in [7, 11) is 0. The Kier molecular flexibility index (Phi) is 4.23. The van der Waals surface area contributed by atoms with Crippen LogP contribution in [0.25, 0.3) is 0 Å². The second-order valence-corrected chi connectivity index (χ2v) is 6.71. The first-order chi connectivity index (χ1) is 9.22. The molecule has 2 atom stereocenters. The van der Waals surface area contributed by atoms with E-state index in [0.717, 1.165) is 0 Å². The van der Waals surface area contributed by atoms with Gasteiger partial charge in [0.2, 0.25) is 0 Å². The Morgan fingerprint density at radius 2 is 1.90 bits per heavy atom. The summed E-state index contributed by atoms with van der Waals surface area (Å²) in [4.78, 5) is 11.7. The quantitative estimate of drug-likeness (QED) is 0.808. The van der Waals surface area contributed by atoms with E-state index in [2.05, 4.69) is 5.32 Å². The molecule has 1 amide bonds. The van der Waals surface area contributed by atoms with Gasteiger partial charge in [-0.3, -0.25) is 0 Å². The van der Waals surface area contributed by atoms with Crippen LogP contribution >= 0.6 is 0 Å². The molecule has 116 valence electrons. The van der Waals surface area contributed by atoms with Gasteiger partial charge in [0, 0.05) is 6.04 Å². The predicted molar refractivity (Wildman–Crippen MR) is 70.1 cm³/mol. The molecule has 2 aliphatic rings. The van der Waals surface area contributed by atoms with Crippen molar-refractivity contribution in [3.05, 3.63) is 0 Å². The maximum absolute atomic E-state index is 13.9. The molecule has 0 radical (unpaired) electrons. The number of amides is 1. The van der Waals surface area contributed by atoms with Crippen LogP contribution in [0.1, 0.15) is 46.5 Å². The number of ether oxygens (including phenoxy) is 2. The van der Waals surface area contributed by atoms with Crippen molar-refractivity contribution in [2.24, 2.45) is 0 Å². The molecule has 1 heterocycles. The van der Waals surface area contributed by atoms with Gasteiger partial charge >= 0.3 is 6.09 Å². The van der Waals surface area contributed by atoms with Crippen molar-refractivity contribution in [3.63, 3.8) is 0 Å². The molecule has 1 spiro atoms. The zero-order valence-electron chi connectivity index (χ0n) is 12.2. The smallest absolute Gasteiger partial charge is 0.407 e. The Labute approximate surface area is 118 Å². The Morgan fingerprint density at radius 1 is 1.30 bits per heavy atom. The van der Waals surface area contributed by atoms with E-state index in [0.29, 0.717) is 25.7 Å². The van der Waals surface area contributed by atoms with E-state index in [9.17, 15) is 13.6 Å². The average molecular weight is 291 g/mol. The fourth-order valence-electron chi connectivity index (χ4n) is 2.88. The SMILES string of the molecule is CC(C)(C)OC(=O)NC1CCC2(CC1)OCC(F)C2F. The van der Waals surface area contributed by atoms with Crippen molar-refractivity contribution >= 4 is 6.09 Å². The molecular formula is C14H23F2NO3. The third-order valence-electron chi connectivity index (χ3n) is 3.90. The number of nitrogens with one attached hydrogen (secondary N) is 1. The number of hydrogen-bond acceptors (Lipinski definition) is 3. The van der Waals surface area contributed by atoms with E-state index in [1.165, 1.54) is 0 Å². The lowest BCUT2D eigenvalue weighted by Gasteiger charge is -2.38. The summed E-state index contributed by atoms with van der Waals surface area (Å²) in [5.74, 6) is 0. The van der Waals surface area contributed by atoms with Crippen LogP contribution in [-0.4, -0.2) is 42.3 Å². The van der Waals surface area contributed by atoms with Gasteiger partial charge in [0.1, 0.15) is 11.2 Å². The monoisotopic (exact) mass is 291 g/mol. The second kappa shape index (κ2) is 5.47. The lowest BCUT2D eigenvalue weighted by atomic mass is 9.79. The highest BCUT2D eigenvalue weighted by Crippen LogP contribution is 2.42. The van der Waals surface area contributed by atoms with Crippen LogP contribution in [0.4, 0.5) is 13.6 Å². The molecule has 0 bridgehead atoms. The summed E-state index contributed by atoms with van der Waals surface area (Å²) in [6, 6.07) is -0.0649. The Balaban J connectivity index is 1.82. The summed E-state index contributed by atoms with van der Waals surface area (Å²) >= 11 is 0. The molecule has 0 aromatic carbocycles. The molecule has 1 aliphatic carbocycles. The molecule has 20 heavy (non-hydrogen) atoms. The number of hydrogen-bond donors (Lipinski definition) is 1. The summed E-state index contributed by atoms with van der Waals surface area (Å²) in [6.45, 7) is 5.23. The van der Waals surface area contributed by atoms with E-state index < -0.39 is 29.6 Å². The maximum atomic E-state index is 13.9. The van der Waals surface area contributed by atoms with Gasteiger partial charge in [-0.15, -0.1) is 0 Å². The van der Waals surface area contributed by atoms with Crippen molar-refractivity contribution in [3.8, 4) is 0 Å². The number of rotatable bonds is 1. The van der Waals surface area contributed by atoms with Crippen LogP contribution in [0.2, 0.25) is 0 Å². The van der Waals surface area contributed by atoms with Gasteiger partial charge in [0.15, 0.2) is 12.3 Å². The number of alkyl carbamates (subject to hydrolysis) is 1. The Morgan fingerprint density at radius 3 is 2.35 bits per heavy atom. The van der Waals surface area contributed by atoms with Crippen molar-refractivity contribution in [2.45, 2.75) is 76.0 Å². The fraction of sp³-hybridized carbons (Fsp3) is 0.929. The van der Waals surface area contributed by atoms with Crippen LogP contribution in [0, 0.1) is 0 Å². The summed E-state index contributed by atoms with van der Waals surface area (Å²) in [5.41, 5.74) is -1.52. The van der Waals surface area contributed by atoms with Gasteiger partial charge in [-0.25, -0.2) is 13.6 Å². The highest BCUT2D eigenvalue weighted by molar-refractivity contribution is 5.68. The molecule has 1 saturated carbocycles. The van der Waals surface area contributed by atoms with Crippen LogP contribution in [-0.2, 0) is 9.47 Å². The minimum atomic E-state index is -1.55. The number of halogens is 2. The first-order valence-corrected chi connectivity index (χ1v) is 7.13. The molecule has 0 aromatic rings. The fourth-order valence-corrected chi connectivity index (χ4v) is 2.88. The summed E-state index contributed by atoms with van der Waals surface area (Å²) < 4.78 is 37.6. The van der Waals surface area contributed by atoms with Gasteiger partial charge in [-0.05, 0) is 46.5 Å². The summed E-state index contributed by atoms with van der Waals surface area (Å²) in [5, 5.41) is 2.77. The van der Waals surface area contributed by atoms with Gasteiger partial charge in [0.25, 0.3) is 0 Å². The zero-order chi connectivity index (χ0) is 15.0. The standard InChI is InChI=1S/C14H23F2NO3/c1-13(2,3)20-12(18)17-9-4-6-14(7-5-9)11(16)10(15)8-19-14/h9-11H,4-8H2,1-3H3,(H,17,18). The van der Waals surface area contributed by atoms with Crippen molar-refractivity contribution < 1.29 is 23.0 Å². The number of alkyl halides is 2. The molecule has 1 saturated heterocycles. The maximum Gasteiger partial charge on any atom is 0.407 e. The van der Waals surface area contributed by atoms with Gasteiger partial charge < -0.3 is 14.8 Å². The minimum Gasteiger partial charge on any atom is -0.444 e. The van der Waals surface area contributed by atoms with Crippen LogP contribution in [0.5, 0.6) is 0 Å². The van der Waals surface area contributed by atoms with Gasteiger partial charge in [-0.2, -0.15) is 0 Å². The first-order valence-electron chi connectivity index (χ1n) is 7.13. The van der Waals surface area contributed by atoms with Crippen LogP contribution in [0.3, 0.4) is 0 Å². The molecule has 4 nitrogen and oxygen atoms in total. The largest absolute Gasteiger partial charge is 0.444 e. The van der Waals surface area contributed by atoms with E-state index in [4.69, 9.17) is 9.47 Å². The van der Waals surface area contributed by atoms with E-state index in [-0.39, 0.29) is 12.6 Å². The molecule has 2 unspecified atom stereocenters. The third-order valence-corrected chi connectivity index (χ3v) is 3.90. The second-order valence-electron chi connectivity index (χ2n) is 6.71. The predicted octanol–water partition coefficient (Wildman–Crippen LogP) is 2.90. The number of carbonyl (C=O) groups is 1. The molecular weight excluding hydrogens is 268 g/mol. The number of carbonyl (C=O) groups excluding carboxylic acids is 1. The molecule has 1 aliphatic heterocycles. The Bertz CT molecular complexity index is 362. The molecule has 6 heteroatoms. The van der Waals surface area contributed by atoms with Crippen molar-refractivity contribution in [2.75, 3.05) is 6.61 Å². The zero-order valence-corrected chi connectivity index (χ0v) is 12.2. The third kappa shape index (κ3) is 3.40. The van der Waals surface area contributed by atoms with Crippen LogP contribution < -0.4 is 5.32 Å². The van der Waals surface area contributed by atoms with Crippen molar-refractivity contribution in [1.82, 2.24) is 5.32 Å². The van der Waals surface area contributed by atoms with Gasteiger partial charge in [-0.1, -0.05) is 0 Å². The molecule has 1 N–H and O–H groups in total. The molecule has 0 aromatic heterocycles. The highest BCUT2D eigenvalue weighted by atomic mass is 19.2. The van der Waals surface area contributed by atoms with Crippen LogP contribution in [0.15, 0.2) is 0 Å².